The van der Waals surface area contributed by atoms with Crippen LogP contribution in [0.3, 0.4) is 0 Å². The zero-order chi connectivity index (χ0) is 98.3. The summed E-state index contributed by atoms with van der Waals surface area (Å²) in [6.07, 6.45) is 0. The molecule has 0 saturated heterocycles. The Morgan fingerprint density at radius 1 is 0.113 bits per heavy atom. The van der Waals surface area contributed by atoms with Gasteiger partial charge in [0.25, 0.3) is 0 Å². The Labute approximate surface area is 860 Å². The fraction of sp³-hybridized carbons (Fsp3) is 0. The molecule has 0 saturated carbocycles. The normalized spacial score (nSPS) is 12.0. The number of benzene rings is 27. The van der Waals surface area contributed by atoms with E-state index >= 15 is 0 Å². The molecular formula is C144H87N3O3. The van der Waals surface area contributed by atoms with Gasteiger partial charge >= 0.3 is 0 Å². The number of rotatable bonds is 9. The number of nitrogens with zero attached hydrogens (tertiary/aromatic N) is 3. The second-order valence-electron chi connectivity index (χ2n) is 39.6. The lowest BCUT2D eigenvalue weighted by Gasteiger charge is -2.16. The number of hydrogen-bond acceptors (Lipinski definition) is 3. The summed E-state index contributed by atoms with van der Waals surface area (Å²) in [6, 6.07) is 190. The van der Waals surface area contributed by atoms with Crippen molar-refractivity contribution in [1.82, 2.24) is 13.7 Å². The quantitative estimate of drug-likeness (QED) is 0.135. The molecule has 0 amide bonds. The zero-order valence-electron chi connectivity index (χ0n) is 81.3. The second-order valence-corrected chi connectivity index (χ2v) is 39.6. The Morgan fingerprint density at radius 2 is 0.307 bits per heavy atom. The van der Waals surface area contributed by atoms with Gasteiger partial charge in [-0.05, 0) is 216 Å². The Hall–Kier alpha value is -19.9. The predicted molar refractivity (Wildman–Crippen MR) is 634 cm³/mol. The fourth-order valence-corrected chi connectivity index (χ4v) is 25.2. The molecule has 6 heteroatoms. The topological polar surface area (TPSA) is 54.2 Å². The Balaban J connectivity index is 0.000000101. The van der Waals surface area contributed by atoms with E-state index in [0.29, 0.717) is 0 Å². The van der Waals surface area contributed by atoms with Gasteiger partial charge in [0.2, 0.25) is 0 Å². The molecule has 33 rings (SSSR count). The number of para-hydroxylation sites is 6. The van der Waals surface area contributed by atoms with E-state index < -0.39 is 0 Å². The van der Waals surface area contributed by atoms with Crippen molar-refractivity contribution in [3.8, 4) is 83.8 Å². The van der Waals surface area contributed by atoms with Crippen LogP contribution in [0.2, 0.25) is 0 Å². The molecule has 0 aliphatic carbocycles. The van der Waals surface area contributed by atoms with Crippen LogP contribution in [0.4, 0.5) is 0 Å². The largest absolute Gasteiger partial charge is 0.454 e. The Kier molecular flexibility index (Phi) is 19.1. The maximum Gasteiger partial charge on any atom is 0.160 e. The lowest BCUT2D eigenvalue weighted by atomic mass is 9.89. The van der Waals surface area contributed by atoms with Gasteiger partial charge in [-0.1, -0.05) is 443 Å². The highest BCUT2D eigenvalue weighted by Gasteiger charge is 2.32. The van der Waals surface area contributed by atoms with E-state index in [1.165, 1.54) is 207 Å². The summed E-state index contributed by atoms with van der Waals surface area (Å²) in [4.78, 5) is 0. The van der Waals surface area contributed by atoms with Crippen LogP contribution in [0.1, 0.15) is 0 Å². The molecule has 0 radical (unpaired) electrons. The number of hydrogen-bond donors (Lipinski definition) is 0. The third-order valence-corrected chi connectivity index (χ3v) is 31.6. The highest BCUT2D eigenvalue weighted by Crippen LogP contribution is 2.56. The lowest BCUT2D eigenvalue weighted by Crippen LogP contribution is -1.97. The average Bonchev–Trinajstić information content (AvgIpc) is 1.52. The summed E-state index contributed by atoms with van der Waals surface area (Å²) >= 11 is 0. The van der Waals surface area contributed by atoms with E-state index in [2.05, 4.69) is 541 Å². The van der Waals surface area contributed by atoms with E-state index in [-0.39, 0.29) is 0 Å². The molecule has 6 aromatic heterocycles. The average molecular weight is 1910 g/mol. The van der Waals surface area contributed by atoms with Crippen molar-refractivity contribution in [2.24, 2.45) is 0 Å². The first-order chi connectivity index (χ1) is 74.5. The molecule has 696 valence electrons. The van der Waals surface area contributed by atoms with E-state index in [1.54, 1.807) is 0 Å². The number of fused-ring (bicyclic) bond motifs is 45. The van der Waals surface area contributed by atoms with Crippen molar-refractivity contribution in [3.05, 3.63) is 528 Å². The summed E-state index contributed by atoms with van der Waals surface area (Å²) in [5.41, 5.74) is 29.9. The first-order valence-corrected chi connectivity index (χ1v) is 51.6. The van der Waals surface area contributed by atoms with Crippen LogP contribution in [0, 0.1) is 0 Å². The summed E-state index contributed by atoms with van der Waals surface area (Å²) in [6.45, 7) is 0. The molecule has 27 aromatic carbocycles. The number of aromatic nitrogens is 3. The van der Waals surface area contributed by atoms with Crippen LogP contribution in [0.15, 0.2) is 541 Å². The predicted octanol–water partition coefficient (Wildman–Crippen LogP) is 40.4. The molecule has 0 fully saturated rings. The van der Waals surface area contributed by atoms with Crippen LogP contribution >= 0.6 is 0 Å². The number of furan rings is 3. The van der Waals surface area contributed by atoms with Crippen molar-refractivity contribution in [2.75, 3.05) is 0 Å². The van der Waals surface area contributed by atoms with Crippen LogP contribution in [-0.2, 0) is 0 Å². The lowest BCUT2D eigenvalue weighted by molar-refractivity contribution is 0.671. The van der Waals surface area contributed by atoms with Gasteiger partial charge in [0.15, 0.2) is 16.7 Å². The van der Waals surface area contributed by atoms with Crippen LogP contribution in [0.25, 0.3) is 312 Å². The van der Waals surface area contributed by atoms with E-state index in [9.17, 15) is 0 Å². The second kappa shape index (κ2) is 33.9. The standard InChI is InChI=1S/3C48H29NO/c1-3-15-30(16-4-1)32-27-33(31-17-5-2-6-18-31)29-34(28-32)49-41-25-13-11-23-39(41)45-43-37-21-9-7-19-35(37)36-20-8-10-22-38(36)44(43)46-40-24-12-14-26-42(40)50-48(46)47(45)49;1-2-13-30(14-3-1)32-15-12-16-33(29-32)31-25-27-34(28-26-31)49-41-23-10-8-21-39(41)45-43-37-19-6-4-17-35(37)36-18-5-7-20-38(36)44(43)46-40-22-9-11-24-42(40)50-48(46)47(45)49;1-2-12-30(13-3-1)31-22-24-32(25-23-31)33-26-28-34(29-27-33)49-41-20-10-8-18-39(41)45-43-37-16-6-4-14-35(37)36-15-5-7-17-38(36)44(43)46-40-19-9-11-21-42(40)50-48(46)47(45)49/h3*1-29H. The molecule has 0 aliphatic rings. The highest BCUT2D eigenvalue weighted by atomic mass is 16.3. The summed E-state index contributed by atoms with van der Waals surface area (Å²) < 4.78 is 28.2. The van der Waals surface area contributed by atoms with Crippen LogP contribution in [-0.4, -0.2) is 13.7 Å². The van der Waals surface area contributed by atoms with E-state index in [4.69, 9.17) is 13.3 Å². The van der Waals surface area contributed by atoms with Gasteiger partial charge in [-0.15, -0.1) is 0 Å². The molecule has 0 bridgehead atoms. The van der Waals surface area contributed by atoms with Gasteiger partial charge in [-0.3, -0.25) is 0 Å². The molecule has 0 aliphatic heterocycles. The van der Waals surface area contributed by atoms with Gasteiger partial charge in [-0.2, -0.15) is 0 Å². The Bertz CT molecular complexity index is 11400. The molecule has 0 spiro atoms. The Morgan fingerprint density at radius 3 is 0.600 bits per heavy atom. The van der Waals surface area contributed by atoms with E-state index in [0.717, 1.165) is 105 Å². The van der Waals surface area contributed by atoms with Gasteiger partial charge < -0.3 is 27.0 Å². The van der Waals surface area contributed by atoms with Gasteiger partial charge in [0.1, 0.15) is 16.7 Å². The van der Waals surface area contributed by atoms with Gasteiger partial charge in [0.05, 0.1) is 33.1 Å². The van der Waals surface area contributed by atoms with Crippen LogP contribution in [0.5, 0.6) is 0 Å². The molecule has 33 aromatic rings. The molecule has 6 heterocycles. The molecule has 0 N–H and O–H groups in total. The van der Waals surface area contributed by atoms with Crippen molar-refractivity contribution < 1.29 is 13.3 Å². The molecular weight excluding hydrogens is 1820 g/mol. The smallest absolute Gasteiger partial charge is 0.160 e. The van der Waals surface area contributed by atoms with Crippen molar-refractivity contribution in [3.63, 3.8) is 0 Å². The summed E-state index contributed by atoms with van der Waals surface area (Å²) in [7, 11) is 0. The highest BCUT2D eigenvalue weighted by molar-refractivity contribution is 6.48. The first-order valence-electron chi connectivity index (χ1n) is 51.6. The molecule has 150 heavy (non-hydrogen) atoms. The third kappa shape index (κ3) is 12.9. The molecule has 0 unspecified atom stereocenters. The minimum absolute atomic E-state index is 0.897. The summed E-state index contributed by atoms with van der Waals surface area (Å²) in [5.74, 6) is 0. The van der Waals surface area contributed by atoms with Gasteiger partial charge in [-0.25, -0.2) is 0 Å². The molecule has 6 nitrogen and oxygen atoms in total. The maximum atomic E-state index is 7.04. The van der Waals surface area contributed by atoms with Crippen molar-refractivity contribution in [1.29, 1.82) is 0 Å². The SMILES string of the molecule is c1ccc(-c2cc(-c3ccccc3)cc(-n3c4ccccc4c4c5c6ccccc6c6ccccc6c5c5c6ccccc6oc5c43)c2)cc1.c1ccc(-c2ccc(-c3ccc(-n4c5ccccc5c5c6c7ccccc7c7ccccc7c6c6c7ccccc7oc6c54)cc3)cc2)cc1.c1ccc(-c2cccc(-c3ccc(-n4c5ccccc5c5c6c7ccccc7c7ccccc7c6c6c7ccccc7oc6c54)cc3)c2)cc1. The van der Waals surface area contributed by atoms with E-state index in [1.807, 2.05) is 0 Å². The maximum absolute atomic E-state index is 7.04. The van der Waals surface area contributed by atoms with Crippen molar-refractivity contribution >= 4 is 228 Å². The first kappa shape index (κ1) is 84.6. The van der Waals surface area contributed by atoms with Crippen LogP contribution < -0.4 is 0 Å². The third-order valence-electron chi connectivity index (χ3n) is 31.6. The van der Waals surface area contributed by atoms with Crippen molar-refractivity contribution in [2.45, 2.75) is 0 Å². The monoisotopic (exact) mass is 1910 g/mol. The zero-order valence-corrected chi connectivity index (χ0v) is 81.3. The minimum Gasteiger partial charge on any atom is -0.454 e. The molecule has 0 atom stereocenters. The fourth-order valence-electron chi connectivity index (χ4n) is 25.2. The summed E-state index contributed by atoms with van der Waals surface area (Å²) in [5, 5.41) is 36.9. The van der Waals surface area contributed by atoms with Gasteiger partial charge in [0, 0.05) is 114 Å². The minimum atomic E-state index is 0.897.